The Hall–Kier alpha value is -2.47. The van der Waals surface area contributed by atoms with E-state index in [9.17, 15) is 9.90 Å². The fourth-order valence-corrected chi connectivity index (χ4v) is 1.57. The van der Waals surface area contributed by atoms with Crippen molar-refractivity contribution in [1.29, 1.82) is 0 Å². The summed E-state index contributed by atoms with van der Waals surface area (Å²) in [7, 11) is 1.50. The largest absolute Gasteiger partial charge is 0.507 e. The summed E-state index contributed by atoms with van der Waals surface area (Å²) in [6, 6.07) is 4.52. The molecule has 3 heteroatoms. The maximum atomic E-state index is 11.8. The lowest BCUT2D eigenvalue weighted by atomic mass is 10.1. The van der Waals surface area contributed by atoms with Crippen molar-refractivity contribution in [3.63, 3.8) is 0 Å². The second-order valence-corrected chi connectivity index (χ2v) is 3.79. The van der Waals surface area contributed by atoms with E-state index >= 15 is 0 Å². The zero-order valence-electron chi connectivity index (χ0n) is 9.93. The first-order valence-electron chi connectivity index (χ1n) is 5.50. The van der Waals surface area contributed by atoms with Crippen LogP contribution < -0.4 is 4.74 Å². The molecule has 0 radical (unpaired) electrons. The highest BCUT2D eigenvalue weighted by Crippen LogP contribution is 2.23. The van der Waals surface area contributed by atoms with Crippen molar-refractivity contribution in [3.05, 3.63) is 47.6 Å². The van der Waals surface area contributed by atoms with Gasteiger partial charge in [-0.15, -0.1) is 0 Å². The molecule has 1 aromatic carbocycles. The van der Waals surface area contributed by atoms with Crippen LogP contribution in [-0.4, -0.2) is 18.0 Å². The van der Waals surface area contributed by atoms with Gasteiger partial charge in [0.05, 0.1) is 12.7 Å². The van der Waals surface area contributed by atoms with Gasteiger partial charge in [0.15, 0.2) is 0 Å². The van der Waals surface area contributed by atoms with Crippen molar-refractivity contribution in [2.45, 2.75) is 6.42 Å². The van der Waals surface area contributed by atoms with Gasteiger partial charge in [-0.2, -0.15) is 0 Å². The number of hydrogen-bond acceptors (Lipinski definition) is 3. The highest BCUT2D eigenvalue weighted by Gasteiger charge is 2.09. The van der Waals surface area contributed by atoms with Crippen LogP contribution in [0.25, 0.3) is 0 Å². The zero-order valence-corrected chi connectivity index (χ0v) is 9.93. The number of Topliss-reactive ketones (excluding diaryl/α,β-unsaturated/α-hetero) is 1. The molecule has 3 nitrogen and oxygen atoms in total. The van der Waals surface area contributed by atoms with Gasteiger partial charge in [-0.1, -0.05) is 24.1 Å². The number of carbonyl (C=O) groups is 1. The minimum Gasteiger partial charge on any atom is -0.507 e. The Labute approximate surface area is 105 Å². The van der Waals surface area contributed by atoms with Gasteiger partial charge in [-0.25, -0.2) is 0 Å². The van der Waals surface area contributed by atoms with Crippen molar-refractivity contribution in [1.82, 2.24) is 0 Å². The van der Waals surface area contributed by atoms with Crippen LogP contribution in [0.3, 0.4) is 0 Å². The maximum absolute atomic E-state index is 11.8. The van der Waals surface area contributed by atoms with E-state index in [-0.39, 0.29) is 11.3 Å². The van der Waals surface area contributed by atoms with Crippen LogP contribution in [0.1, 0.15) is 16.8 Å². The van der Waals surface area contributed by atoms with Gasteiger partial charge in [-0.3, -0.25) is 4.79 Å². The molecule has 1 N–H and O–H groups in total. The Morgan fingerprint density at radius 1 is 1.44 bits per heavy atom. The highest BCUT2D eigenvalue weighted by atomic mass is 16.5. The lowest BCUT2D eigenvalue weighted by Gasteiger charge is -2.02. The maximum Gasteiger partial charge on any atom is 0.239 e. The van der Waals surface area contributed by atoms with Crippen LogP contribution in [-0.2, 0) is 0 Å². The molecule has 0 atom stereocenters. The monoisotopic (exact) mass is 240 g/mol. The average molecular weight is 240 g/mol. The molecule has 1 aromatic rings. The number of benzene rings is 1. The van der Waals surface area contributed by atoms with E-state index in [0.29, 0.717) is 5.75 Å². The third-order valence-electron chi connectivity index (χ3n) is 2.56. The normalized spacial score (nSPS) is 12.6. The molecule has 0 saturated carbocycles. The number of phenols is 1. The van der Waals surface area contributed by atoms with Crippen molar-refractivity contribution in [2.75, 3.05) is 7.11 Å². The van der Waals surface area contributed by atoms with Gasteiger partial charge in [0.25, 0.3) is 0 Å². The number of allylic oxidation sites excluding steroid dienone is 4. The SMILES string of the molecule is COc1ccc(C(=O)C#CC2=CC=CC2)c(O)c1. The van der Waals surface area contributed by atoms with Crippen LogP contribution in [0.15, 0.2) is 42.0 Å². The minimum atomic E-state index is -0.400. The Morgan fingerprint density at radius 3 is 2.89 bits per heavy atom. The first-order valence-corrected chi connectivity index (χ1v) is 5.50. The molecule has 2 rings (SSSR count). The molecule has 1 aliphatic rings. The summed E-state index contributed by atoms with van der Waals surface area (Å²) in [5, 5.41) is 9.69. The molecule has 18 heavy (non-hydrogen) atoms. The summed E-state index contributed by atoms with van der Waals surface area (Å²) in [5.41, 5.74) is 1.09. The molecule has 0 saturated heterocycles. The third kappa shape index (κ3) is 2.61. The van der Waals surface area contributed by atoms with E-state index < -0.39 is 5.78 Å². The molecule has 0 bridgehead atoms. The molecule has 0 aromatic heterocycles. The molecule has 0 spiro atoms. The van der Waals surface area contributed by atoms with Gasteiger partial charge >= 0.3 is 0 Å². The molecule has 0 unspecified atom stereocenters. The molecule has 1 aliphatic carbocycles. The summed E-state index contributed by atoms with van der Waals surface area (Å²) in [6.07, 6.45) is 6.50. The molecule has 90 valence electrons. The van der Waals surface area contributed by atoms with Gasteiger partial charge < -0.3 is 9.84 Å². The van der Waals surface area contributed by atoms with Crippen molar-refractivity contribution in [2.24, 2.45) is 0 Å². The first-order chi connectivity index (χ1) is 8.70. The molecule has 0 heterocycles. The molecule has 0 fully saturated rings. The average Bonchev–Trinajstić information content (AvgIpc) is 2.88. The van der Waals surface area contributed by atoms with Gasteiger partial charge in [0.2, 0.25) is 5.78 Å². The topological polar surface area (TPSA) is 46.5 Å². The smallest absolute Gasteiger partial charge is 0.239 e. The summed E-state index contributed by atoms with van der Waals surface area (Å²) in [6.45, 7) is 0. The van der Waals surface area contributed by atoms with Gasteiger partial charge in [0.1, 0.15) is 11.5 Å². The van der Waals surface area contributed by atoms with E-state index in [4.69, 9.17) is 4.74 Å². The standard InChI is InChI=1S/C15H12O3/c1-18-12-7-8-13(15(17)10-12)14(16)9-6-11-4-2-3-5-11/h2-4,7-8,10,17H,5H2,1H3. The third-order valence-corrected chi connectivity index (χ3v) is 2.56. The second-order valence-electron chi connectivity index (χ2n) is 3.79. The van der Waals surface area contributed by atoms with E-state index in [1.807, 2.05) is 18.2 Å². The van der Waals surface area contributed by atoms with Crippen molar-refractivity contribution < 1.29 is 14.6 Å². The fourth-order valence-electron chi connectivity index (χ4n) is 1.57. The van der Waals surface area contributed by atoms with E-state index in [1.54, 1.807) is 6.07 Å². The van der Waals surface area contributed by atoms with E-state index in [0.717, 1.165) is 12.0 Å². The Balaban J connectivity index is 2.18. The summed E-state index contributed by atoms with van der Waals surface area (Å²) >= 11 is 0. The number of ketones is 1. The van der Waals surface area contributed by atoms with Crippen molar-refractivity contribution in [3.8, 4) is 23.3 Å². The molecule has 0 amide bonds. The fraction of sp³-hybridized carbons (Fsp3) is 0.133. The molecular weight excluding hydrogens is 228 g/mol. The molecular formula is C15H12O3. The number of aromatic hydroxyl groups is 1. The first kappa shape index (κ1) is 12.0. The summed E-state index contributed by atoms with van der Waals surface area (Å²) < 4.78 is 4.95. The lowest BCUT2D eigenvalue weighted by Crippen LogP contribution is -1.96. The van der Waals surface area contributed by atoms with Crippen LogP contribution in [0.4, 0.5) is 0 Å². The summed E-state index contributed by atoms with van der Waals surface area (Å²) in [5.74, 6) is 5.29. The zero-order chi connectivity index (χ0) is 13.0. The molecule has 0 aliphatic heterocycles. The Kier molecular flexibility index (Phi) is 3.49. The van der Waals surface area contributed by atoms with Gasteiger partial charge in [0, 0.05) is 11.6 Å². The number of methoxy groups -OCH3 is 1. The quantitative estimate of drug-likeness (QED) is 0.490. The lowest BCUT2D eigenvalue weighted by molar-refractivity contribution is 0.105. The van der Waals surface area contributed by atoms with E-state index in [2.05, 4.69) is 11.8 Å². The predicted octanol–water partition coefficient (Wildman–Crippen LogP) is 2.47. The Morgan fingerprint density at radius 2 is 2.28 bits per heavy atom. The number of hydrogen-bond donors (Lipinski definition) is 1. The number of phenolic OH excluding ortho intramolecular Hbond substituents is 1. The number of carbonyl (C=O) groups excluding carboxylic acids is 1. The second kappa shape index (κ2) is 5.24. The predicted molar refractivity (Wildman–Crippen MR) is 68.6 cm³/mol. The number of ether oxygens (including phenoxy) is 1. The Bertz CT molecular complexity index is 598. The van der Waals surface area contributed by atoms with Crippen molar-refractivity contribution >= 4 is 5.78 Å². The van der Waals surface area contributed by atoms with Gasteiger partial charge in [-0.05, 0) is 24.5 Å². The minimum absolute atomic E-state index is 0.118. The van der Waals surface area contributed by atoms with E-state index in [1.165, 1.54) is 19.2 Å². The van der Waals surface area contributed by atoms with Crippen LogP contribution in [0.2, 0.25) is 0 Å². The highest BCUT2D eigenvalue weighted by molar-refractivity contribution is 6.11. The van der Waals surface area contributed by atoms with Crippen LogP contribution in [0, 0.1) is 11.8 Å². The number of rotatable bonds is 2. The van der Waals surface area contributed by atoms with Crippen LogP contribution in [0.5, 0.6) is 11.5 Å². The van der Waals surface area contributed by atoms with Crippen LogP contribution >= 0.6 is 0 Å². The summed E-state index contributed by atoms with van der Waals surface area (Å²) in [4.78, 5) is 11.8.